The van der Waals surface area contributed by atoms with Crippen LogP contribution in [-0.2, 0) is 14.4 Å². The average Bonchev–Trinajstić information content (AvgIpc) is 2.94. The van der Waals surface area contributed by atoms with E-state index in [-0.39, 0.29) is 30.7 Å². The topological polar surface area (TPSA) is 125 Å². The van der Waals surface area contributed by atoms with E-state index in [0.29, 0.717) is 40.5 Å². The molecule has 1 aromatic rings. The Morgan fingerprint density at radius 1 is 1.34 bits per heavy atom. The molecule has 1 aromatic carbocycles. The largest absolute Gasteiger partial charge is 0.481 e. The zero-order chi connectivity index (χ0) is 23.5. The van der Waals surface area contributed by atoms with Crippen LogP contribution < -0.4 is 11.1 Å². The Bertz CT molecular complexity index is 1010. The molecule has 1 atom stereocenters. The van der Waals surface area contributed by atoms with Crippen molar-refractivity contribution in [1.82, 2.24) is 10.2 Å². The van der Waals surface area contributed by atoms with Gasteiger partial charge in [0, 0.05) is 34.9 Å². The first-order valence-electron chi connectivity index (χ1n) is 10.4. The average molecular weight is 459 g/mol. The van der Waals surface area contributed by atoms with Crippen LogP contribution in [0, 0.1) is 5.92 Å². The minimum atomic E-state index is -0.955. The quantitative estimate of drug-likeness (QED) is 0.516. The van der Waals surface area contributed by atoms with Gasteiger partial charge < -0.3 is 21.1 Å². The third kappa shape index (κ3) is 5.56. The Morgan fingerprint density at radius 3 is 2.72 bits per heavy atom. The molecule has 1 unspecified atom stereocenters. The Hall–Kier alpha value is -3.13. The first kappa shape index (κ1) is 23.5. The maximum atomic E-state index is 13.1. The van der Waals surface area contributed by atoms with E-state index in [1.807, 2.05) is 26.0 Å². The molecule has 2 aliphatic rings. The first-order chi connectivity index (χ1) is 15.1. The van der Waals surface area contributed by atoms with Crippen LogP contribution in [0.3, 0.4) is 0 Å². The molecule has 3 rings (SSSR count). The van der Waals surface area contributed by atoms with E-state index in [2.05, 4.69) is 10.3 Å². The van der Waals surface area contributed by atoms with Crippen LogP contribution in [-0.4, -0.2) is 52.3 Å². The highest BCUT2D eigenvalue weighted by Crippen LogP contribution is 2.30. The molecule has 0 saturated carbocycles. The third-order valence-electron chi connectivity index (χ3n) is 5.49. The number of carboxylic acid groups (broad SMARTS) is 1. The van der Waals surface area contributed by atoms with Crippen LogP contribution in [0.15, 0.2) is 47.0 Å². The normalized spacial score (nSPS) is 19.5. The predicted molar refractivity (Wildman–Crippen MR) is 123 cm³/mol. The van der Waals surface area contributed by atoms with Gasteiger partial charge in [0.1, 0.15) is 11.4 Å². The fourth-order valence-electron chi connectivity index (χ4n) is 3.80. The monoisotopic (exact) mass is 458 g/mol. The van der Waals surface area contributed by atoms with Crippen LogP contribution in [0.25, 0.3) is 0 Å². The van der Waals surface area contributed by atoms with Crippen LogP contribution in [0.2, 0.25) is 5.02 Å². The summed E-state index contributed by atoms with van der Waals surface area (Å²) in [6.07, 6.45) is 6.82. The molecule has 32 heavy (non-hydrogen) atoms. The molecule has 9 heteroatoms. The summed E-state index contributed by atoms with van der Waals surface area (Å²) in [6.45, 7) is 4.39. The number of nitrogens with one attached hydrogen (secondary N) is 1. The van der Waals surface area contributed by atoms with Crippen molar-refractivity contribution < 1.29 is 19.5 Å². The summed E-state index contributed by atoms with van der Waals surface area (Å²) in [6, 6.07) is 5.00. The van der Waals surface area contributed by atoms with Crippen molar-refractivity contribution in [2.45, 2.75) is 38.8 Å². The highest BCUT2D eigenvalue weighted by molar-refractivity contribution is 6.47. The molecule has 1 aliphatic heterocycles. The fraction of sp³-hybridized carbons (Fsp3) is 0.391. The van der Waals surface area contributed by atoms with Crippen LogP contribution in [0.5, 0.6) is 0 Å². The number of nitrogen functional groups attached to an aromatic ring is 1. The molecule has 0 bridgehead atoms. The number of carbonyl (C=O) groups is 3. The van der Waals surface area contributed by atoms with E-state index >= 15 is 0 Å². The van der Waals surface area contributed by atoms with Crippen LogP contribution in [0.4, 0.5) is 5.69 Å². The number of hydrogen-bond donors (Lipinski definition) is 3. The van der Waals surface area contributed by atoms with E-state index in [1.165, 1.54) is 0 Å². The van der Waals surface area contributed by atoms with Gasteiger partial charge in [-0.1, -0.05) is 29.8 Å². The number of anilines is 1. The van der Waals surface area contributed by atoms with E-state index in [9.17, 15) is 14.4 Å². The summed E-state index contributed by atoms with van der Waals surface area (Å²) in [5, 5.41) is 11.7. The number of nitrogens with zero attached hydrogens (tertiary/aromatic N) is 2. The van der Waals surface area contributed by atoms with Crippen molar-refractivity contribution >= 4 is 40.8 Å². The molecule has 0 saturated heterocycles. The molecule has 1 aliphatic carbocycles. The Kier molecular flexibility index (Phi) is 7.03. The minimum absolute atomic E-state index is 0.0928. The minimum Gasteiger partial charge on any atom is -0.481 e. The summed E-state index contributed by atoms with van der Waals surface area (Å²) >= 11 is 6.09. The Balaban J connectivity index is 1.57. The van der Waals surface area contributed by atoms with Gasteiger partial charge in [0.25, 0.3) is 11.8 Å². The number of halogens is 1. The lowest BCUT2D eigenvalue weighted by Crippen LogP contribution is -2.43. The summed E-state index contributed by atoms with van der Waals surface area (Å²) < 4.78 is 0. The number of amides is 2. The van der Waals surface area contributed by atoms with Crippen LogP contribution >= 0.6 is 11.6 Å². The van der Waals surface area contributed by atoms with E-state index < -0.39 is 11.6 Å². The molecule has 0 aromatic heterocycles. The van der Waals surface area contributed by atoms with Gasteiger partial charge in [0.05, 0.1) is 6.42 Å². The maximum Gasteiger partial charge on any atom is 0.305 e. The lowest BCUT2D eigenvalue weighted by Gasteiger charge is -2.30. The van der Waals surface area contributed by atoms with Crippen molar-refractivity contribution in [3.63, 3.8) is 0 Å². The van der Waals surface area contributed by atoms with Gasteiger partial charge in [-0.3, -0.25) is 19.4 Å². The van der Waals surface area contributed by atoms with Crippen molar-refractivity contribution in [3.8, 4) is 0 Å². The summed E-state index contributed by atoms with van der Waals surface area (Å²) in [5.74, 6) is -1.22. The number of benzene rings is 1. The van der Waals surface area contributed by atoms with Gasteiger partial charge in [0.15, 0.2) is 0 Å². The highest BCUT2D eigenvalue weighted by atomic mass is 35.5. The number of allylic oxidation sites excluding steroid dienone is 2. The second-order valence-corrected chi connectivity index (χ2v) is 8.82. The molecule has 8 nitrogen and oxygen atoms in total. The molecule has 0 radical (unpaired) electrons. The summed E-state index contributed by atoms with van der Waals surface area (Å²) in [7, 11) is 0. The van der Waals surface area contributed by atoms with E-state index in [0.717, 1.165) is 6.42 Å². The molecule has 0 fully saturated rings. The number of rotatable bonds is 8. The van der Waals surface area contributed by atoms with Crippen LogP contribution in [0.1, 0.15) is 38.7 Å². The molecule has 0 spiro atoms. The van der Waals surface area contributed by atoms with Gasteiger partial charge in [0.2, 0.25) is 0 Å². The van der Waals surface area contributed by atoms with Gasteiger partial charge in [-0.05, 0) is 50.8 Å². The second kappa shape index (κ2) is 9.56. The SMILES string of the molecule is CC1(C)N=C(c2cc(N)cc(Cl)c2)C(=O)N1CCC1C=CC(C(=O)NCCC(=O)O)=CC1. The molecular formula is C23H27ClN4O4. The second-order valence-electron chi connectivity index (χ2n) is 8.39. The molecule has 1 heterocycles. The Morgan fingerprint density at radius 2 is 2.09 bits per heavy atom. The zero-order valence-corrected chi connectivity index (χ0v) is 18.9. The number of nitrogens with two attached hydrogens (primary N) is 1. The predicted octanol–water partition coefficient (Wildman–Crippen LogP) is 2.77. The van der Waals surface area contributed by atoms with Crippen molar-refractivity contribution in [3.05, 3.63) is 52.6 Å². The highest BCUT2D eigenvalue weighted by Gasteiger charge is 2.40. The summed E-state index contributed by atoms with van der Waals surface area (Å²) in [5.41, 5.74) is 7.14. The van der Waals surface area contributed by atoms with Gasteiger partial charge in [-0.15, -0.1) is 0 Å². The van der Waals surface area contributed by atoms with E-state index in [4.69, 9.17) is 22.4 Å². The first-order valence-corrected chi connectivity index (χ1v) is 10.8. The molecule has 170 valence electrons. The van der Waals surface area contributed by atoms with E-state index in [1.54, 1.807) is 29.2 Å². The lowest BCUT2D eigenvalue weighted by molar-refractivity contribution is -0.137. The summed E-state index contributed by atoms with van der Waals surface area (Å²) in [4.78, 5) is 42.1. The standard InChI is InChI=1S/C23H27ClN4O4/c1-23(2)27-20(16-11-17(24)13-18(25)12-16)22(32)28(23)10-8-14-3-5-15(6-4-14)21(31)26-9-7-19(29)30/h3,5-6,11-14H,4,7-10,25H2,1-2H3,(H,26,31)(H,29,30). The number of carbonyl (C=O) groups excluding carboxylic acids is 2. The van der Waals surface area contributed by atoms with Gasteiger partial charge in [-0.2, -0.15) is 0 Å². The van der Waals surface area contributed by atoms with Crippen molar-refractivity contribution in [2.75, 3.05) is 18.8 Å². The molecular weight excluding hydrogens is 432 g/mol. The third-order valence-corrected chi connectivity index (χ3v) is 5.70. The lowest BCUT2D eigenvalue weighted by atomic mass is 9.93. The maximum absolute atomic E-state index is 13.1. The number of aliphatic carboxylic acids is 1. The zero-order valence-electron chi connectivity index (χ0n) is 18.1. The number of aliphatic imine (C=N–C) groups is 1. The molecule has 4 N–H and O–H groups in total. The Labute approximate surface area is 191 Å². The smallest absolute Gasteiger partial charge is 0.305 e. The fourth-order valence-corrected chi connectivity index (χ4v) is 4.04. The number of hydrogen-bond acceptors (Lipinski definition) is 5. The molecule has 2 amide bonds. The van der Waals surface area contributed by atoms with Gasteiger partial charge >= 0.3 is 5.97 Å². The van der Waals surface area contributed by atoms with Crippen molar-refractivity contribution in [1.29, 1.82) is 0 Å². The van der Waals surface area contributed by atoms with Gasteiger partial charge in [-0.25, -0.2) is 0 Å². The van der Waals surface area contributed by atoms with Crippen molar-refractivity contribution in [2.24, 2.45) is 10.9 Å². The number of carboxylic acids is 1.